The zero-order valence-corrected chi connectivity index (χ0v) is 16.6. The highest BCUT2D eigenvalue weighted by Crippen LogP contribution is 2.33. The van der Waals surface area contributed by atoms with Crippen molar-refractivity contribution in [2.75, 3.05) is 17.3 Å². The van der Waals surface area contributed by atoms with Crippen molar-refractivity contribution in [2.45, 2.75) is 36.5 Å². The normalized spacial score (nSPS) is 21.3. The standard InChI is InChI=1S/C17H21N5O3S2/c1-21-16(12-4-7-18-8-5-12)19-20-17(21)26-10-15(23)22(13-2-3-13)14-6-9-27(24,25)11-14/h4-5,7-8,13-14H,2-3,6,9-11H2,1H3/t14-/m1/s1. The number of hydrogen-bond acceptors (Lipinski definition) is 7. The number of sulfone groups is 1. The lowest BCUT2D eigenvalue weighted by atomic mass is 10.2. The van der Waals surface area contributed by atoms with Crippen LogP contribution in [0.4, 0.5) is 0 Å². The van der Waals surface area contributed by atoms with Gasteiger partial charge in [0.25, 0.3) is 0 Å². The highest BCUT2D eigenvalue weighted by atomic mass is 32.2. The first kappa shape index (κ1) is 18.4. The first-order valence-electron chi connectivity index (χ1n) is 8.89. The Morgan fingerprint density at radius 3 is 2.59 bits per heavy atom. The molecule has 10 heteroatoms. The van der Waals surface area contributed by atoms with Crippen LogP contribution >= 0.6 is 11.8 Å². The fourth-order valence-corrected chi connectivity index (χ4v) is 5.94. The fraction of sp³-hybridized carbons (Fsp3) is 0.529. The maximum Gasteiger partial charge on any atom is 0.233 e. The van der Waals surface area contributed by atoms with Gasteiger partial charge in [0, 0.05) is 37.1 Å². The molecule has 2 aromatic rings. The predicted octanol–water partition coefficient (Wildman–Crippen LogP) is 1.15. The number of pyridine rings is 1. The summed E-state index contributed by atoms with van der Waals surface area (Å²) in [7, 11) is -1.15. The van der Waals surface area contributed by atoms with Gasteiger partial charge in [-0.05, 0) is 31.4 Å². The lowest BCUT2D eigenvalue weighted by Gasteiger charge is -2.28. The van der Waals surface area contributed by atoms with E-state index < -0.39 is 9.84 Å². The van der Waals surface area contributed by atoms with E-state index in [0.717, 1.165) is 18.4 Å². The Bertz CT molecular complexity index is 941. The SMILES string of the molecule is Cn1c(SCC(=O)N(C2CC2)[C@@H]2CCS(=O)(=O)C2)nnc1-c1ccncc1. The summed E-state index contributed by atoms with van der Waals surface area (Å²) in [6, 6.07) is 3.74. The predicted molar refractivity (Wildman–Crippen MR) is 102 cm³/mol. The molecule has 0 aromatic carbocycles. The van der Waals surface area contributed by atoms with Crippen molar-refractivity contribution in [1.82, 2.24) is 24.6 Å². The number of carbonyl (C=O) groups is 1. The molecule has 2 aromatic heterocycles. The van der Waals surface area contributed by atoms with E-state index in [4.69, 9.17) is 0 Å². The van der Waals surface area contributed by atoms with E-state index >= 15 is 0 Å². The van der Waals surface area contributed by atoms with Crippen LogP contribution in [0.5, 0.6) is 0 Å². The van der Waals surface area contributed by atoms with Crippen molar-refractivity contribution in [2.24, 2.45) is 7.05 Å². The Morgan fingerprint density at radius 1 is 1.22 bits per heavy atom. The maximum absolute atomic E-state index is 12.8. The van der Waals surface area contributed by atoms with Crippen molar-refractivity contribution in [3.63, 3.8) is 0 Å². The summed E-state index contributed by atoms with van der Waals surface area (Å²) < 4.78 is 25.5. The van der Waals surface area contributed by atoms with Gasteiger partial charge in [-0.25, -0.2) is 8.42 Å². The minimum absolute atomic E-state index is 0.0157. The van der Waals surface area contributed by atoms with Crippen LogP contribution in [-0.4, -0.2) is 68.3 Å². The Balaban J connectivity index is 1.44. The molecule has 1 amide bonds. The van der Waals surface area contributed by atoms with Crippen molar-refractivity contribution in [3.05, 3.63) is 24.5 Å². The first-order chi connectivity index (χ1) is 12.9. The largest absolute Gasteiger partial charge is 0.335 e. The van der Waals surface area contributed by atoms with E-state index in [1.165, 1.54) is 11.8 Å². The molecule has 1 atom stereocenters. The molecule has 2 aliphatic rings. The van der Waals surface area contributed by atoms with Crippen LogP contribution in [0.1, 0.15) is 19.3 Å². The van der Waals surface area contributed by atoms with Gasteiger partial charge < -0.3 is 9.47 Å². The molecule has 1 saturated heterocycles. The lowest BCUT2D eigenvalue weighted by molar-refractivity contribution is -0.130. The summed E-state index contributed by atoms with van der Waals surface area (Å²) in [6.45, 7) is 0. The molecule has 27 heavy (non-hydrogen) atoms. The summed E-state index contributed by atoms with van der Waals surface area (Å²) >= 11 is 1.34. The van der Waals surface area contributed by atoms with Gasteiger partial charge in [0.2, 0.25) is 5.91 Å². The highest BCUT2D eigenvalue weighted by molar-refractivity contribution is 7.99. The molecule has 8 nitrogen and oxygen atoms in total. The summed E-state index contributed by atoms with van der Waals surface area (Å²) in [5.74, 6) is 1.21. The van der Waals surface area contributed by atoms with E-state index in [-0.39, 0.29) is 35.2 Å². The number of thioether (sulfide) groups is 1. The molecule has 1 aliphatic heterocycles. The Labute approximate surface area is 162 Å². The minimum atomic E-state index is -3.01. The second-order valence-corrected chi connectivity index (χ2v) is 10.2. The van der Waals surface area contributed by atoms with E-state index in [9.17, 15) is 13.2 Å². The van der Waals surface area contributed by atoms with Crippen LogP contribution in [-0.2, 0) is 21.7 Å². The van der Waals surface area contributed by atoms with Gasteiger partial charge in [0.05, 0.1) is 17.3 Å². The van der Waals surface area contributed by atoms with Gasteiger partial charge in [-0.15, -0.1) is 10.2 Å². The van der Waals surface area contributed by atoms with E-state index in [1.54, 1.807) is 12.4 Å². The molecule has 1 aliphatic carbocycles. The quantitative estimate of drug-likeness (QED) is 0.663. The second kappa shape index (κ2) is 7.23. The summed E-state index contributed by atoms with van der Waals surface area (Å²) in [6.07, 6.45) is 5.87. The topological polar surface area (TPSA) is 98.1 Å². The molecule has 0 bridgehead atoms. The monoisotopic (exact) mass is 407 g/mol. The minimum Gasteiger partial charge on any atom is -0.335 e. The average molecular weight is 408 g/mol. The van der Waals surface area contributed by atoms with Crippen molar-refractivity contribution >= 4 is 27.5 Å². The molecule has 3 heterocycles. The number of carbonyl (C=O) groups excluding carboxylic acids is 1. The van der Waals surface area contributed by atoms with Gasteiger partial charge in [-0.3, -0.25) is 9.78 Å². The molecule has 4 rings (SSSR count). The number of amides is 1. The fourth-order valence-electron chi connectivity index (χ4n) is 3.45. The van der Waals surface area contributed by atoms with Crippen LogP contribution in [0, 0.1) is 0 Å². The summed E-state index contributed by atoms with van der Waals surface area (Å²) in [4.78, 5) is 18.6. The van der Waals surface area contributed by atoms with E-state index in [2.05, 4.69) is 15.2 Å². The molecule has 1 saturated carbocycles. The van der Waals surface area contributed by atoms with Crippen LogP contribution in [0.15, 0.2) is 29.7 Å². The zero-order valence-electron chi connectivity index (χ0n) is 15.0. The third-order valence-electron chi connectivity index (χ3n) is 4.93. The highest BCUT2D eigenvalue weighted by Gasteiger charge is 2.41. The first-order valence-corrected chi connectivity index (χ1v) is 11.7. The maximum atomic E-state index is 12.8. The molecule has 0 unspecified atom stereocenters. The molecular weight excluding hydrogens is 386 g/mol. The average Bonchev–Trinajstić information content (AvgIpc) is 3.31. The molecule has 0 radical (unpaired) electrons. The van der Waals surface area contributed by atoms with Gasteiger partial charge in [0.15, 0.2) is 20.8 Å². The third kappa shape index (κ3) is 4.01. The summed E-state index contributed by atoms with van der Waals surface area (Å²) in [5.41, 5.74) is 0.911. The van der Waals surface area contributed by atoms with Crippen LogP contribution in [0.3, 0.4) is 0 Å². The number of hydrogen-bond donors (Lipinski definition) is 0. The van der Waals surface area contributed by atoms with Gasteiger partial charge in [-0.1, -0.05) is 11.8 Å². The van der Waals surface area contributed by atoms with Crippen LogP contribution < -0.4 is 0 Å². The van der Waals surface area contributed by atoms with Gasteiger partial charge in [0.1, 0.15) is 0 Å². The van der Waals surface area contributed by atoms with Crippen molar-refractivity contribution in [3.8, 4) is 11.4 Å². The van der Waals surface area contributed by atoms with Crippen LogP contribution in [0.2, 0.25) is 0 Å². The Kier molecular flexibility index (Phi) is 4.94. The zero-order chi connectivity index (χ0) is 19.0. The lowest BCUT2D eigenvalue weighted by Crippen LogP contribution is -2.43. The number of nitrogens with zero attached hydrogens (tertiary/aromatic N) is 5. The van der Waals surface area contributed by atoms with E-state index in [1.807, 2.05) is 28.6 Å². The molecular formula is C17H21N5O3S2. The van der Waals surface area contributed by atoms with E-state index in [0.29, 0.717) is 17.4 Å². The van der Waals surface area contributed by atoms with Gasteiger partial charge in [-0.2, -0.15) is 0 Å². The van der Waals surface area contributed by atoms with Gasteiger partial charge >= 0.3 is 0 Å². The third-order valence-corrected chi connectivity index (χ3v) is 7.68. The second-order valence-electron chi connectivity index (χ2n) is 6.98. The van der Waals surface area contributed by atoms with Crippen molar-refractivity contribution in [1.29, 1.82) is 0 Å². The molecule has 0 spiro atoms. The summed E-state index contributed by atoms with van der Waals surface area (Å²) in [5, 5.41) is 9.06. The molecule has 0 N–H and O–H groups in total. The Hall–Kier alpha value is -1.94. The smallest absolute Gasteiger partial charge is 0.233 e. The number of rotatable bonds is 6. The van der Waals surface area contributed by atoms with Crippen LogP contribution in [0.25, 0.3) is 11.4 Å². The molecule has 2 fully saturated rings. The molecule has 144 valence electrons. The number of aromatic nitrogens is 4. The van der Waals surface area contributed by atoms with Crippen molar-refractivity contribution < 1.29 is 13.2 Å². The Morgan fingerprint density at radius 2 is 1.96 bits per heavy atom.